The van der Waals surface area contributed by atoms with Crippen LogP contribution in [-0.2, 0) is 0 Å². The first-order chi connectivity index (χ1) is 9.67. The van der Waals surface area contributed by atoms with Crippen molar-refractivity contribution in [3.05, 3.63) is 45.9 Å². The monoisotopic (exact) mass is 332 g/mol. The molecule has 0 N–H and O–H groups in total. The van der Waals surface area contributed by atoms with Crippen LogP contribution in [0.25, 0.3) is 0 Å². The van der Waals surface area contributed by atoms with Gasteiger partial charge in [0.05, 0.1) is 7.11 Å². The van der Waals surface area contributed by atoms with Crippen LogP contribution in [0.5, 0.6) is 17.5 Å². The fraction of sp³-hybridized carbons (Fsp3) is 0.0714. The van der Waals surface area contributed by atoms with Crippen LogP contribution in [0.4, 0.5) is 0 Å². The zero-order valence-corrected chi connectivity index (χ0v) is 12.0. The van der Waals surface area contributed by atoms with Crippen LogP contribution < -0.4 is 9.47 Å². The number of rotatable bonds is 4. The van der Waals surface area contributed by atoms with Gasteiger partial charge in [0, 0.05) is 16.1 Å². The average Bonchev–Trinajstić information content (AvgIpc) is 2.49. The molecule has 100 valence electrons. The van der Waals surface area contributed by atoms with Gasteiger partial charge in [-0.2, -0.15) is 10.2 Å². The third-order valence-electron chi connectivity index (χ3n) is 2.47. The Labute approximate surface area is 123 Å². The van der Waals surface area contributed by atoms with Crippen LogP contribution in [-0.4, -0.2) is 18.4 Å². The van der Waals surface area contributed by atoms with Gasteiger partial charge in [-0.1, -0.05) is 15.9 Å². The van der Waals surface area contributed by atoms with Crippen molar-refractivity contribution in [1.82, 2.24) is 4.98 Å². The van der Waals surface area contributed by atoms with E-state index in [1.165, 1.54) is 7.11 Å². The van der Waals surface area contributed by atoms with Gasteiger partial charge in [0.2, 0.25) is 11.8 Å². The Kier molecular flexibility index (Phi) is 4.33. The summed E-state index contributed by atoms with van der Waals surface area (Å²) >= 11 is 3.25. The van der Waals surface area contributed by atoms with E-state index < -0.39 is 0 Å². The molecule has 0 aliphatic heterocycles. The van der Waals surface area contributed by atoms with Crippen molar-refractivity contribution in [2.24, 2.45) is 0 Å². The number of benzene rings is 1. The van der Waals surface area contributed by atoms with E-state index >= 15 is 0 Å². The van der Waals surface area contributed by atoms with Gasteiger partial charge in [-0.25, -0.2) is 0 Å². The van der Waals surface area contributed by atoms with Gasteiger partial charge < -0.3 is 9.47 Å². The summed E-state index contributed by atoms with van der Waals surface area (Å²) in [6.45, 7) is 0. The first-order valence-electron chi connectivity index (χ1n) is 5.55. The van der Waals surface area contributed by atoms with Crippen molar-refractivity contribution in [3.8, 4) is 23.6 Å². The molecular formula is C14H9BrN2O3. The molecule has 0 bridgehead atoms. The molecule has 0 amide bonds. The minimum Gasteiger partial charge on any atom is -0.481 e. The molecule has 2 rings (SSSR count). The lowest BCUT2D eigenvalue weighted by Gasteiger charge is -2.08. The maximum Gasteiger partial charge on any atom is 0.240 e. The molecule has 0 spiro atoms. The number of hydrogen-bond acceptors (Lipinski definition) is 5. The maximum atomic E-state index is 10.9. The Morgan fingerprint density at radius 3 is 2.80 bits per heavy atom. The van der Waals surface area contributed by atoms with Crippen molar-refractivity contribution >= 4 is 22.2 Å². The van der Waals surface area contributed by atoms with E-state index in [0.29, 0.717) is 28.0 Å². The first-order valence-corrected chi connectivity index (χ1v) is 6.35. The number of halogens is 1. The summed E-state index contributed by atoms with van der Waals surface area (Å²) in [5.41, 5.74) is 0.727. The van der Waals surface area contributed by atoms with E-state index in [1.807, 2.05) is 6.07 Å². The molecule has 1 aromatic heterocycles. The lowest BCUT2D eigenvalue weighted by atomic mass is 10.2. The first kappa shape index (κ1) is 14.0. The fourth-order valence-electron chi connectivity index (χ4n) is 1.49. The molecule has 1 aromatic carbocycles. The van der Waals surface area contributed by atoms with Crippen molar-refractivity contribution in [2.75, 3.05) is 7.11 Å². The van der Waals surface area contributed by atoms with Gasteiger partial charge in [-0.05, 0) is 24.3 Å². The standard InChI is InChI=1S/C14H9BrN2O3/c1-19-13-5-2-9(7-16)14(17-13)20-11-3-4-12(15)10(6-11)8-18/h2-6,8H,1H3. The van der Waals surface area contributed by atoms with Crippen LogP contribution >= 0.6 is 15.9 Å². The number of ether oxygens (including phenoxy) is 2. The normalized spacial score (nSPS) is 9.65. The smallest absolute Gasteiger partial charge is 0.240 e. The summed E-state index contributed by atoms with van der Waals surface area (Å²) < 4.78 is 11.2. The van der Waals surface area contributed by atoms with Gasteiger partial charge in [0.1, 0.15) is 17.4 Å². The van der Waals surface area contributed by atoms with E-state index in [1.54, 1.807) is 30.3 Å². The number of nitriles is 1. The Hall–Kier alpha value is -2.39. The molecule has 0 fully saturated rings. The second-order valence-electron chi connectivity index (χ2n) is 3.72. The van der Waals surface area contributed by atoms with Crippen molar-refractivity contribution < 1.29 is 14.3 Å². The fourth-order valence-corrected chi connectivity index (χ4v) is 1.83. The molecule has 0 aliphatic carbocycles. The predicted molar refractivity (Wildman–Crippen MR) is 75.1 cm³/mol. The molecule has 5 nitrogen and oxygen atoms in total. The van der Waals surface area contributed by atoms with Crippen molar-refractivity contribution in [2.45, 2.75) is 0 Å². The zero-order chi connectivity index (χ0) is 14.5. The van der Waals surface area contributed by atoms with Gasteiger partial charge >= 0.3 is 0 Å². The summed E-state index contributed by atoms with van der Waals surface area (Å²) in [6.07, 6.45) is 0.709. The Morgan fingerprint density at radius 2 is 2.15 bits per heavy atom. The van der Waals surface area contributed by atoms with Crippen LogP contribution in [0.15, 0.2) is 34.8 Å². The summed E-state index contributed by atoms with van der Waals surface area (Å²) in [4.78, 5) is 15.0. The maximum absolute atomic E-state index is 10.9. The van der Waals surface area contributed by atoms with E-state index in [-0.39, 0.29) is 11.4 Å². The number of carbonyl (C=O) groups excluding carboxylic acids is 1. The van der Waals surface area contributed by atoms with Gasteiger partial charge in [0.15, 0.2) is 6.29 Å². The summed E-state index contributed by atoms with van der Waals surface area (Å²) in [5, 5.41) is 9.03. The van der Waals surface area contributed by atoms with E-state index in [9.17, 15) is 4.79 Å². The Balaban J connectivity index is 2.39. The number of aldehydes is 1. The van der Waals surface area contributed by atoms with E-state index in [2.05, 4.69) is 20.9 Å². The molecular weight excluding hydrogens is 324 g/mol. The molecule has 20 heavy (non-hydrogen) atoms. The second kappa shape index (κ2) is 6.17. The van der Waals surface area contributed by atoms with Gasteiger partial charge in [-0.3, -0.25) is 4.79 Å². The van der Waals surface area contributed by atoms with Crippen molar-refractivity contribution in [3.63, 3.8) is 0 Å². The zero-order valence-electron chi connectivity index (χ0n) is 10.5. The summed E-state index contributed by atoms with van der Waals surface area (Å²) in [7, 11) is 1.47. The molecule has 0 unspecified atom stereocenters. The minimum atomic E-state index is 0.131. The summed E-state index contributed by atoms with van der Waals surface area (Å²) in [6, 6.07) is 10.0. The average molecular weight is 333 g/mol. The van der Waals surface area contributed by atoms with Crippen LogP contribution in [0.2, 0.25) is 0 Å². The molecule has 6 heteroatoms. The number of pyridine rings is 1. The topological polar surface area (TPSA) is 72.2 Å². The third kappa shape index (κ3) is 2.95. The highest BCUT2D eigenvalue weighted by molar-refractivity contribution is 9.10. The van der Waals surface area contributed by atoms with Crippen LogP contribution in [0.1, 0.15) is 15.9 Å². The number of carbonyl (C=O) groups is 1. The number of hydrogen-bond donors (Lipinski definition) is 0. The highest BCUT2D eigenvalue weighted by Crippen LogP contribution is 2.28. The van der Waals surface area contributed by atoms with Gasteiger partial charge in [-0.15, -0.1) is 0 Å². The van der Waals surface area contributed by atoms with E-state index in [0.717, 1.165) is 0 Å². The molecule has 0 saturated heterocycles. The minimum absolute atomic E-state index is 0.131. The molecule has 1 heterocycles. The number of aromatic nitrogens is 1. The van der Waals surface area contributed by atoms with Crippen LogP contribution in [0.3, 0.4) is 0 Å². The largest absolute Gasteiger partial charge is 0.481 e. The lowest BCUT2D eigenvalue weighted by Crippen LogP contribution is -1.95. The molecule has 2 aromatic rings. The molecule has 0 saturated carbocycles. The molecule has 0 atom stereocenters. The van der Waals surface area contributed by atoms with Crippen LogP contribution in [0, 0.1) is 11.3 Å². The third-order valence-corrected chi connectivity index (χ3v) is 3.20. The highest BCUT2D eigenvalue weighted by atomic mass is 79.9. The predicted octanol–water partition coefficient (Wildman–Crippen LogP) is 3.33. The lowest BCUT2D eigenvalue weighted by molar-refractivity contribution is 0.112. The molecule has 0 radical (unpaired) electrons. The Morgan fingerprint density at radius 1 is 1.35 bits per heavy atom. The van der Waals surface area contributed by atoms with Crippen molar-refractivity contribution in [1.29, 1.82) is 5.26 Å². The Bertz CT molecular complexity index is 695. The van der Waals surface area contributed by atoms with Gasteiger partial charge in [0.25, 0.3) is 0 Å². The number of methoxy groups -OCH3 is 1. The van der Waals surface area contributed by atoms with E-state index in [4.69, 9.17) is 14.7 Å². The second-order valence-corrected chi connectivity index (χ2v) is 4.58. The number of nitrogens with zero attached hydrogens (tertiary/aromatic N) is 2. The summed E-state index contributed by atoms with van der Waals surface area (Å²) in [5.74, 6) is 0.880. The quantitative estimate of drug-likeness (QED) is 0.803. The highest BCUT2D eigenvalue weighted by Gasteiger charge is 2.10. The molecule has 0 aliphatic rings. The SMILES string of the molecule is COc1ccc(C#N)c(Oc2ccc(Br)c(C=O)c2)n1.